The molecule has 0 unspecified atom stereocenters. The molecule has 1 rings (SSSR count). The minimum atomic E-state index is -3.54. The van der Waals surface area contributed by atoms with Gasteiger partial charge in [0.15, 0.2) is 0 Å². The van der Waals surface area contributed by atoms with Crippen molar-refractivity contribution in [3.05, 3.63) is 22.7 Å². The van der Waals surface area contributed by atoms with Crippen LogP contribution >= 0.6 is 15.9 Å². The number of benzene rings is 1. The number of rotatable bonds is 6. The van der Waals surface area contributed by atoms with Gasteiger partial charge in [0.05, 0.1) is 4.90 Å². The van der Waals surface area contributed by atoms with Gasteiger partial charge in [-0.15, -0.1) is 0 Å². The van der Waals surface area contributed by atoms with Crippen LogP contribution in [-0.2, 0) is 10.0 Å². The van der Waals surface area contributed by atoms with E-state index in [-0.39, 0.29) is 10.3 Å². The van der Waals surface area contributed by atoms with Crippen molar-refractivity contribution in [1.82, 2.24) is 9.62 Å². The van der Waals surface area contributed by atoms with E-state index in [2.05, 4.69) is 20.7 Å². The highest BCUT2D eigenvalue weighted by Crippen LogP contribution is 2.23. The minimum Gasteiger partial charge on any atom is -0.398 e. The molecule has 20 heavy (non-hydrogen) atoms. The molecule has 0 amide bonds. The molecule has 0 aromatic heterocycles. The molecule has 0 atom stereocenters. The van der Waals surface area contributed by atoms with Gasteiger partial charge in [0, 0.05) is 23.2 Å². The van der Waals surface area contributed by atoms with Crippen molar-refractivity contribution in [2.45, 2.75) is 18.7 Å². The predicted octanol–water partition coefficient (Wildman–Crippen LogP) is 1.90. The number of nitrogens with two attached hydrogens (primary N) is 1. The van der Waals surface area contributed by atoms with E-state index in [4.69, 9.17) is 5.73 Å². The van der Waals surface area contributed by atoms with Crippen LogP contribution in [-0.4, -0.2) is 40.5 Å². The zero-order chi connectivity index (χ0) is 15.6. The smallest absolute Gasteiger partial charge is 0.240 e. The van der Waals surface area contributed by atoms with E-state index in [9.17, 15) is 8.42 Å². The highest BCUT2D eigenvalue weighted by atomic mass is 79.9. The molecule has 0 spiro atoms. The highest BCUT2D eigenvalue weighted by Gasteiger charge is 2.23. The number of nitrogen functional groups attached to an aromatic ring is 1. The van der Waals surface area contributed by atoms with Crippen molar-refractivity contribution in [3.8, 4) is 0 Å². The summed E-state index contributed by atoms with van der Waals surface area (Å²) < 4.78 is 27.8. The number of anilines is 1. The molecule has 0 heterocycles. The first-order valence-corrected chi connectivity index (χ1v) is 8.50. The Morgan fingerprint density at radius 3 is 2.45 bits per heavy atom. The second kappa shape index (κ2) is 6.43. The summed E-state index contributed by atoms with van der Waals surface area (Å²) in [7, 11) is 0.390. The third-order valence-electron chi connectivity index (χ3n) is 2.76. The molecule has 5 nitrogen and oxygen atoms in total. The topological polar surface area (TPSA) is 75.4 Å². The Balaban J connectivity index is 2.82. The minimum absolute atomic E-state index is 0.155. The fourth-order valence-corrected chi connectivity index (χ4v) is 3.50. The molecule has 0 saturated carbocycles. The summed E-state index contributed by atoms with van der Waals surface area (Å²) in [5.41, 5.74) is 5.97. The lowest BCUT2D eigenvalue weighted by molar-refractivity contribution is 0.242. The van der Waals surface area contributed by atoms with Crippen LogP contribution in [0.15, 0.2) is 27.6 Å². The van der Waals surface area contributed by atoms with Gasteiger partial charge in [-0.25, -0.2) is 13.1 Å². The Hall–Kier alpha value is -0.630. The molecule has 0 aliphatic carbocycles. The van der Waals surface area contributed by atoms with E-state index in [1.54, 1.807) is 6.07 Å². The third-order valence-corrected chi connectivity index (χ3v) is 4.88. The van der Waals surface area contributed by atoms with Gasteiger partial charge in [0.25, 0.3) is 0 Å². The van der Waals surface area contributed by atoms with Crippen molar-refractivity contribution in [2.75, 3.05) is 32.9 Å². The second-order valence-corrected chi connectivity index (χ2v) is 8.53. The standard InChI is InChI=1S/C13H22BrN3O2S/c1-13(2,9-17(3)4)8-16-20(18,19)10-5-6-11(14)12(15)7-10/h5-7,16H,8-9,15H2,1-4H3. The van der Waals surface area contributed by atoms with Crippen LogP contribution in [0.25, 0.3) is 0 Å². The summed E-state index contributed by atoms with van der Waals surface area (Å²) in [5.74, 6) is 0. The first-order chi connectivity index (χ1) is 9.03. The van der Waals surface area contributed by atoms with E-state index in [0.717, 1.165) is 6.54 Å². The highest BCUT2D eigenvalue weighted by molar-refractivity contribution is 9.10. The van der Waals surface area contributed by atoms with Crippen molar-refractivity contribution in [3.63, 3.8) is 0 Å². The fraction of sp³-hybridized carbons (Fsp3) is 0.538. The number of nitrogens with zero attached hydrogens (tertiary/aromatic N) is 1. The summed E-state index contributed by atoms with van der Waals surface area (Å²) in [6.45, 7) is 5.19. The Morgan fingerprint density at radius 1 is 1.35 bits per heavy atom. The van der Waals surface area contributed by atoms with Crippen LogP contribution in [0.5, 0.6) is 0 Å². The van der Waals surface area contributed by atoms with E-state index in [1.165, 1.54) is 12.1 Å². The van der Waals surface area contributed by atoms with E-state index >= 15 is 0 Å². The van der Waals surface area contributed by atoms with Crippen LogP contribution in [0.4, 0.5) is 5.69 Å². The number of halogens is 1. The van der Waals surface area contributed by atoms with Gasteiger partial charge >= 0.3 is 0 Å². The van der Waals surface area contributed by atoms with Gasteiger partial charge in [-0.3, -0.25) is 0 Å². The molecule has 3 N–H and O–H groups in total. The number of nitrogens with one attached hydrogen (secondary N) is 1. The predicted molar refractivity (Wildman–Crippen MR) is 86.1 cm³/mol. The summed E-state index contributed by atoms with van der Waals surface area (Å²) in [5, 5.41) is 0. The zero-order valence-electron chi connectivity index (χ0n) is 12.3. The van der Waals surface area contributed by atoms with E-state index < -0.39 is 10.0 Å². The Morgan fingerprint density at radius 2 is 1.95 bits per heavy atom. The van der Waals surface area contributed by atoms with Crippen LogP contribution in [0.3, 0.4) is 0 Å². The molecule has 0 saturated heterocycles. The average Bonchev–Trinajstić information content (AvgIpc) is 2.29. The van der Waals surface area contributed by atoms with Crippen molar-refractivity contribution >= 4 is 31.6 Å². The third kappa shape index (κ3) is 5.05. The quantitative estimate of drug-likeness (QED) is 0.756. The molecule has 7 heteroatoms. The molecule has 0 aliphatic heterocycles. The van der Waals surface area contributed by atoms with Gasteiger partial charge < -0.3 is 10.6 Å². The molecular weight excluding hydrogens is 342 g/mol. The molecule has 0 radical (unpaired) electrons. The van der Waals surface area contributed by atoms with Crippen LogP contribution in [0, 0.1) is 5.41 Å². The Labute approximate surface area is 129 Å². The average molecular weight is 364 g/mol. The first-order valence-electron chi connectivity index (χ1n) is 6.23. The van der Waals surface area contributed by atoms with Crippen molar-refractivity contribution < 1.29 is 8.42 Å². The van der Waals surface area contributed by atoms with Gasteiger partial charge in [0.2, 0.25) is 10.0 Å². The molecular formula is C13H22BrN3O2S. The summed E-state index contributed by atoms with van der Waals surface area (Å²) in [6.07, 6.45) is 0. The van der Waals surface area contributed by atoms with Gasteiger partial charge in [-0.05, 0) is 53.6 Å². The number of hydrogen-bond donors (Lipinski definition) is 2. The summed E-state index contributed by atoms with van der Waals surface area (Å²) >= 11 is 3.25. The molecule has 0 aliphatic rings. The van der Waals surface area contributed by atoms with Crippen molar-refractivity contribution in [2.24, 2.45) is 5.41 Å². The molecule has 114 valence electrons. The normalized spacial score (nSPS) is 12.9. The largest absolute Gasteiger partial charge is 0.398 e. The maximum absolute atomic E-state index is 12.2. The molecule has 0 fully saturated rings. The fourth-order valence-electron chi connectivity index (χ4n) is 1.97. The monoisotopic (exact) mass is 363 g/mol. The number of hydrogen-bond acceptors (Lipinski definition) is 4. The summed E-state index contributed by atoms with van der Waals surface area (Å²) in [4.78, 5) is 2.21. The van der Waals surface area contributed by atoms with Gasteiger partial charge in [0.1, 0.15) is 0 Å². The van der Waals surface area contributed by atoms with Gasteiger partial charge in [-0.1, -0.05) is 13.8 Å². The zero-order valence-corrected chi connectivity index (χ0v) is 14.7. The van der Waals surface area contributed by atoms with Gasteiger partial charge in [-0.2, -0.15) is 0 Å². The molecule has 1 aromatic carbocycles. The van der Waals surface area contributed by atoms with Crippen LogP contribution in [0.1, 0.15) is 13.8 Å². The first kappa shape index (κ1) is 17.4. The lowest BCUT2D eigenvalue weighted by Crippen LogP contribution is -2.39. The van der Waals surface area contributed by atoms with E-state index in [1.807, 2.05) is 32.8 Å². The van der Waals surface area contributed by atoms with Crippen LogP contribution < -0.4 is 10.5 Å². The van der Waals surface area contributed by atoms with E-state index in [0.29, 0.717) is 16.7 Å². The molecule has 1 aromatic rings. The maximum Gasteiger partial charge on any atom is 0.240 e. The summed E-state index contributed by atoms with van der Waals surface area (Å²) in [6, 6.07) is 4.61. The SMILES string of the molecule is CN(C)CC(C)(C)CNS(=O)(=O)c1ccc(Br)c(N)c1. The number of sulfonamides is 1. The Kier molecular flexibility index (Phi) is 5.60. The van der Waals surface area contributed by atoms with Crippen molar-refractivity contribution in [1.29, 1.82) is 0 Å². The lowest BCUT2D eigenvalue weighted by atomic mass is 9.93. The maximum atomic E-state index is 12.2. The Bertz CT molecular complexity index is 571. The lowest BCUT2D eigenvalue weighted by Gasteiger charge is -2.28. The molecule has 0 bridgehead atoms. The van der Waals surface area contributed by atoms with Crippen LogP contribution in [0.2, 0.25) is 0 Å². The second-order valence-electron chi connectivity index (χ2n) is 5.91.